The number of aromatic nitrogens is 2. The van der Waals surface area contributed by atoms with E-state index < -0.39 is 28.5 Å². The second kappa shape index (κ2) is 8.39. The van der Waals surface area contributed by atoms with Crippen molar-refractivity contribution < 1.29 is 24.5 Å². The molecule has 0 amide bonds. The highest BCUT2D eigenvalue weighted by atomic mass is 16.5. The van der Waals surface area contributed by atoms with E-state index in [1.54, 1.807) is 24.3 Å². The SMILES string of the molecule is COc1ccc(/C=C/C(=O)c2c(O)n(-c3ccccc3OC)c(=O)[nH]c2=O)cc1O. The summed E-state index contributed by atoms with van der Waals surface area (Å²) in [6.07, 6.45) is 2.39. The van der Waals surface area contributed by atoms with Crippen molar-refractivity contribution in [3.63, 3.8) is 0 Å². The average Bonchev–Trinajstić information content (AvgIpc) is 2.72. The molecule has 0 unspecified atom stereocenters. The molecule has 0 aliphatic carbocycles. The zero-order chi connectivity index (χ0) is 21.8. The van der Waals surface area contributed by atoms with E-state index in [0.29, 0.717) is 5.56 Å². The summed E-state index contributed by atoms with van der Waals surface area (Å²) in [6, 6.07) is 10.8. The summed E-state index contributed by atoms with van der Waals surface area (Å²) in [5.74, 6) is -1.27. The molecule has 0 radical (unpaired) electrons. The number of H-pyrrole nitrogens is 1. The van der Waals surface area contributed by atoms with Crippen molar-refractivity contribution in [3.05, 3.63) is 80.5 Å². The van der Waals surface area contributed by atoms with E-state index in [4.69, 9.17) is 9.47 Å². The third-order valence-corrected chi connectivity index (χ3v) is 4.29. The van der Waals surface area contributed by atoms with Crippen molar-refractivity contribution in [1.29, 1.82) is 0 Å². The van der Waals surface area contributed by atoms with E-state index in [9.17, 15) is 24.6 Å². The molecule has 154 valence electrons. The summed E-state index contributed by atoms with van der Waals surface area (Å²) in [4.78, 5) is 39.2. The van der Waals surface area contributed by atoms with Gasteiger partial charge in [-0.25, -0.2) is 9.36 Å². The Labute approximate surface area is 170 Å². The van der Waals surface area contributed by atoms with Crippen LogP contribution < -0.4 is 20.7 Å². The van der Waals surface area contributed by atoms with Crippen molar-refractivity contribution >= 4 is 11.9 Å². The number of nitrogens with zero attached hydrogens (tertiary/aromatic N) is 1. The molecular weight excluding hydrogens is 392 g/mol. The lowest BCUT2D eigenvalue weighted by molar-refractivity contribution is 0.104. The molecule has 0 aliphatic heterocycles. The van der Waals surface area contributed by atoms with E-state index in [1.807, 2.05) is 4.98 Å². The van der Waals surface area contributed by atoms with E-state index in [-0.39, 0.29) is 22.9 Å². The molecule has 1 heterocycles. The van der Waals surface area contributed by atoms with E-state index in [0.717, 1.165) is 10.6 Å². The monoisotopic (exact) mass is 410 g/mol. The first kappa shape index (κ1) is 20.5. The van der Waals surface area contributed by atoms with Gasteiger partial charge in [-0.2, -0.15) is 0 Å². The quantitative estimate of drug-likeness (QED) is 0.417. The maximum Gasteiger partial charge on any atom is 0.335 e. The van der Waals surface area contributed by atoms with Crippen LogP contribution >= 0.6 is 0 Å². The second-order valence-electron chi connectivity index (χ2n) is 6.09. The molecule has 2 aromatic carbocycles. The highest BCUT2D eigenvalue weighted by Crippen LogP contribution is 2.27. The van der Waals surface area contributed by atoms with Gasteiger partial charge in [-0.05, 0) is 35.9 Å². The van der Waals surface area contributed by atoms with Crippen LogP contribution in [-0.4, -0.2) is 39.8 Å². The lowest BCUT2D eigenvalue weighted by atomic mass is 10.1. The van der Waals surface area contributed by atoms with Gasteiger partial charge in [0.15, 0.2) is 17.3 Å². The summed E-state index contributed by atoms with van der Waals surface area (Å²) in [5, 5.41) is 20.4. The Hall–Kier alpha value is -4.27. The van der Waals surface area contributed by atoms with Crippen LogP contribution in [0.15, 0.2) is 58.1 Å². The van der Waals surface area contributed by atoms with Gasteiger partial charge in [0, 0.05) is 0 Å². The number of aromatic hydroxyl groups is 2. The molecular formula is C21H18N2O7. The summed E-state index contributed by atoms with van der Waals surface area (Å²) >= 11 is 0. The normalized spacial score (nSPS) is 10.9. The number of rotatable bonds is 6. The molecule has 0 bridgehead atoms. The van der Waals surface area contributed by atoms with Crippen molar-refractivity contribution in [2.45, 2.75) is 0 Å². The maximum absolute atomic E-state index is 12.6. The molecule has 0 atom stereocenters. The number of nitrogens with one attached hydrogen (secondary N) is 1. The van der Waals surface area contributed by atoms with Gasteiger partial charge in [0.05, 0.1) is 19.9 Å². The van der Waals surface area contributed by atoms with Gasteiger partial charge in [0.2, 0.25) is 5.88 Å². The number of carbonyl (C=O) groups excluding carboxylic acids is 1. The number of ketones is 1. The first-order chi connectivity index (χ1) is 14.4. The van der Waals surface area contributed by atoms with Crippen LogP contribution in [0.25, 0.3) is 11.8 Å². The smallest absolute Gasteiger partial charge is 0.335 e. The summed E-state index contributed by atoms with van der Waals surface area (Å²) < 4.78 is 10.9. The predicted molar refractivity (Wildman–Crippen MR) is 109 cm³/mol. The number of carbonyl (C=O) groups is 1. The second-order valence-corrected chi connectivity index (χ2v) is 6.09. The molecule has 3 aromatic rings. The standard InChI is InChI=1S/C21H18N2O7/c1-29-16-6-4-3-5-13(16)23-20(27)18(19(26)22-21(23)28)14(24)9-7-12-8-10-17(30-2)15(25)11-12/h3-11,25,27H,1-2H3,(H,22,26,28)/b9-7+. The van der Waals surface area contributed by atoms with Gasteiger partial charge < -0.3 is 19.7 Å². The minimum absolute atomic E-state index is 0.127. The third-order valence-electron chi connectivity index (χ3n) is 4.29. The fourth-order valence-corrected chi connectivity index (χ4v) is 2.85. The molecule has 0 saturated carbocycles. The van der Waals surface area contributed by atoms with Gasteiger partial charge in [0.1, 0.15) is 11.3 Å². The van der Waals surface area contributed by atoms with Crippen LogP contribution in [0.2, 0.25) is 0 Å². The Morgan fingerprint density at radius 2 is 1.73 bits per heavy atom. The van der Waals surface area contributed by atoms with E-state index in [2.05, 4.69) is 0 Å². The van der Waals surface area contributed by atoms with Crippen LogP contribution in [0.3, 0.4) is 0 Å². The first-order valence-corrected chi connectivity index (χ1v) is 8.68. The molecule has 9 heteroatoms. The number of methoxy groups -OCH3 is 2. The molecule has 9 nitrogen and oxygen atoms in total. The Bertz CT molecular complexity index is 1250. The fraction of sp³-hybridized carbons (Fsp3) is 0.0952. The largest absolute Gasteiger partial charge is 0.504 e. The Morgan fingerprint density at radius 1 is 1.03 bits per heavy atom. The molecule has 3 N–H and O–H groups in total. The van der Waals surface area contributed by atoms with E-state index >= 15 is 0 Å². The number of phenolic OH excluding ortho intramolecular Hbond substituents is 1. The zero-order valence-corrected chi connectivity index (χ0v) is 16.1. The first-order valence-electron chi connectivity index (χ1n) is 8.68. The molecule has 0 aliphatic rings. The Morgan fingerprint density at radius 3 is 2.40 bits per heavy atom. The number of ether oxygens (including phenoxy) is 2. The van der Waals surface area contributed by atoms with Crippen LogP contribution in [0.5, 0.6) is 23.1 Å². The number of hydrogen-bond acceptors (Lipinski definition) is 7. The van der Waals surface area contributed by atoms with Gasteiger partial charge in [-0.1, -0.05) is 24.3 Å². The van der Waals surface area contributed by atoms with Crippen molar-refractivity contribution in [2.24, 2.45) is 0 Å². The van der Waals surface area contributed by atoms with Crippen LogP contribution in [-0.2, 0) is 0 Å². The summed E-state index contributed by atoms with van der Waals surface area (Å²) in [6.45, 7) is 0. The van der Waals surface area contributed by atoms with Crippen molar-refractivity contribution in [3.8, 4) is 28.8 Å². The van der Waals surface area contributed by atoms with E-state index in [1.165, 1.54) is 38.5 Å². The van der Waals surface area contributed by atoms with Crippen LogP contribution in [0.1, 0.15) is 15.9 Å². The van der Waals surface area contributed by atoms with Gasteiger partial charge in [0.25, 0.3) is 5.56 Å². The molecule has 0 spiro atoms. The fourth-order valence-electron chi connectivity index (χ4n) is 2.85. The average molecular weight is 410 g/mol. The Balaban J connectivity index is 2.06. The van der Waals surface area contributed by atoms with Crippen LogP contribution in [0, 0.1) is 0 Å². The van der Waals surface area contributed by atoms with Crippen molar-refractivity contribution in [1.82, 2.24) is 9.55 Å². The predicted octanol–water partition coefficient (Wildman–Crippen LogP) is 1.85. The highest BCUT2D eigenvalue weighted by molar-refractivity contribution is 6.08. The lowest BCUT2D eigenvalue weighted by Gasteiger charge is -2.13. The molecule has 1 aromatic heterocycles. The minimum atomic E-state index is -1.03. The lowest BCUT2D eigenvalue weighted by Crippen LogP contribution is -2.32. The maximum atomic E-state index is 12.6. The topological polar surface area (TPSA) is 131 Å². The molecule has 3 rings (SSSR count). The van der Waals surface area contributed by atoms with Crippen molar-refractivity contribution in [2.75, 3.05) is 14.2 Å². The van der Waals surface area contributed by atoms with Gasteiger partial charge in [-0.15, -0.1) is 0 Å². The summed E-state index contributed by atoms with van der Waals surface area (Å²) in [5.41, 5.74) is -1.97. The number of allylic oxidation sites excluding steroid dienone is 1. The number of para-hydroxylation sites is 2. The highest BCUT2D eigenvalue weighted by Gasteiger charge is 2.21. The number of aromatic amines is 1. The molecule has 0 fully saturated rings. The molecule has 0 saturated heterocycles. The summed E-state index contributed by atoms with van der Waals surface area (Å²) in [7, 11) is 2.78. The third kappa shape index (κ3) is 3.81. The molecule has 30 heavy (non-hydrogen) atoms. The van der Waals surface area contributed by atoms with Gasteiger partial charge in [-0.3, -0.25) is 14.6 Å². The number of benzene rings is 2. The van der Waals surface area contributed by atoms with Gasteiger partial charge >= 0.3 is 5.69 Å². The Kier molecular flexibility index (Phi) is 5.73. The zero-order valence-electron chi connectivity index (χ0n) is 16.1. The number of phenols is 1. The van der Waals surface area contributed by atoms with Crippen LogP contribution in [0.4, 0.5) is 0 Å². The number of hydrogen-bond donors (Lipinski definition) is 3. The minimum Gasteiger partial charge on any atom is -0.504 e.